The van der Waals surface area contributed by atoms with Gasteiger partial charge in [-0.15, -0.1) is 0 Å². The maximum absolute atomic E-state index is 10.7. The first kappa shape index (κ1) is 12.5. The molecule has 0 saturated carbocycles. The first-order valence-electron chi connectivity index (χ1n) is 5.63. The minimum atomic E-state index is -1.12. The van der Waals surface area contributed by atoms with Crippen LogP contribution < -0.4 is 5.32 Å². The number of aliphatic hydroxyl groups excluding tert-OH is 2. The van der Waals surface area contributed by atoms with Crippen LogP contribution in [0.25, 0.3) is 10.9 Å². The van der Waals surface area contributed by atoms with E-state index in [1.165, 1.54) is 6.92 Å². The molecule has 4 N–H and O–H groups in total. The number of para-hydroxylation sites is 1. The van der Waals surface area contributed by atoms with E-state index in [9.17, 15) is 15.0 Å². The predicted octanol–water partition coefficient (Wildman–Crippen LogP) is 0.0933. The summed E-state index contributed by atoms with van der Waals surface area (Å²) in [4.78, 5) is 10.7. The molecule has 0 aliphatic carbocycles. The molecule has 0 aliphatic rings. The number of aromatic amines is 1. The van der Waals surface area contributed by atoms with Crippen LogP contribution in [0.15, 0.2) is 24.3 Å². The molecule has 2 aromatic rings. The highest BCUT2D eigenvalue weighted by Crippen LogP contribution is 2.23. The second kappa shape index (κ2) is 5.16. The van der Waals surface area contributed by atoms with E-state index in [0.29, 0.717) is 5.69 Å². The third kappa shape index (κ3) is 2.49. The smallest absolute Gasteiger partial charge is 0.216 e. The van der Waals surface area contributed by atoms with Gasteiger partial charge in [0.25, 0.3) is 0 Å². The molecule has 0 saturated heterocycles. The molecule has 6 heteroatoms. The van der Waals surface area contributed by atoms with Gasteiger partial charge >= 0.3 is 0 Å². The lowest BCUT2D eigenvalue weighted by molar-refractivity contribution is -0.119. The van der Waals surface area contributed by atoms with Crippen molar-refractivity contribution in [1.29, 1.82) is 0 Å². The van der Waals surface area contributed by atoms with Gasteiger partial charge in [0.2, 0.25) is 5.91 Å². The normalized spacial score (nSPS) is 14.4. The Balaban J connectivity index is 2.17. The van der Waals surface area contributed by atoms with Crippen molar-refractivity contribution in [3.05, 3.63) is 30.0 Å². The Bertz CT molecular complexity index is 552. The van der Waals surface area contributed by atoms with Crippen LogP contribution in [-0.4, -0.2) is 39.0 Å². The van der Waals surface area contributed by atoms with Crippen LogP contribution >= 0.6 is 0 Å². The SMILES string of the molecule is CC(=O)NCC(O)C(O)c1[nH]nc2ccccc12. The summed E-state index contributed by atoms with van der Waals surface area (Å²) in [7, 11) is 0. The number of nitrogens with zero attached hydrogens (tertiary/aromatic N) is 1. The van der Waals surface area contributed by atoms with E-state index in [4.69, 9.17) is 0 Å². The van der Waals surface area contributed by atoms with E-state index in [-0.39, 0.29) is 12.5 Å². The molecule has 0 bridgehead atoms. The van der Waals surface area contributed by atoms with Crippen LogP contribution in [0, 0.1) is 0 Å². The highest BCUT2D eigenvalue weighted by atomic mass is 16.3. The van der Waals surface area contributed by atoms with E-state index in [2.05, 4.69) is 15.5 Å². The second-order valence-electron chi connectivity index (χ2n) is 4.10. The quantitative estimate of drug-likeness (QED) is 0.617. The number of carbonyl (C=O) groups is 1. The van der Waals surface area contributed by atoms with Crippen molar-refractivity contribution in [3.63, 3.8) is 0 Å². The first-order chi connectivity index (χ1) is 8.59. The molecule has 0 aliphatic heterocycles. The van der Waals surface area contributed by atoms with Gasteiger partial charge in [-0.05, 0) is 6.07 Å². The number of nitrogens with one attached hydrogen (secondary N) is 2. The summed E-state index contributed by atoms with van der Waals surface area (Å²) in [5.41, 5.74) is 1.17. The lowest BCUT2D eigenvalue weighted by atomic mass is 10.1. The Labute approximate surface area is 104 Å². The molecule has 0 radical (unpaired) electrons. The Morgan fingerprint density at radius 1 is 1.44 bits per heavy atom. The Morgan fingerprint density at radius 3 is 2.89 bits per heavy atom. The lowest BCUT2D eigenvalue weighted by Gasteiger charge is -2.16. The number of aliphatic hydroxyl groups is 2. The zero-order valence-electron chi connectivity index (χ0n) is 9.92. The van der Waals surface area contributed by atoms with Crippen molar-refractivity contribution in [2.45, 2.75) is 19.1 Å². The van der Waals surface area contributed by atoms with Crippen LogP contribution in [0.3, 0.4) is 0 Å². The van der Waals surface area contributed by atoms with Gasteiger partial charge in [-0.3, -0.25) is 9.89 Å². The molecule has 2 rings (SSSR count). The zero-order valence-corrected chi connectivity index (χ0v) is 9.92. The molecule has 18 heavy (non-hydrogen) atoms. The van der Waals surface area contributed by atoms with Gasteiger partial charge in [0.05, 0.1) is 11.2 Å². The topological polar surface area (TPSA) is 98.2 Å². The Morgan fingerprint density at radius 2 is 2.17 bits per heavy atom. The van der Waals surface area contributed by atoms with Crippen LogP contribution in [0.4, 0.5) is 0 Å². The summed E-state index contributed by atoms with van der Waals surface area (Å²) < 4.78 is 0. The number of hydrogen-bond acceptors (Lipinski definition) is 4. The molecule has 1 aromatic heterocycles. The van der Waals surface area contributed by atoms with Gasteiger partial charge in [0, 0.05) is 18.9 Å². The van der Waals surface area contributed by atoms with Crippen molar-refractivity contribution in [1.82, 2.24) is 15.5 Å². The fourth-order valence-corrected chi connectivity index (χ4v) is 1.76. The maximum Gasteiger partial charge on any atom is 0.216 e. The molecule has 1 amide bonds. The molecule has 2 unspecified atom stereocenters. The molecular formula is C12H15N3O3. The second-order valence-corrected chi connectivity index (χ2v) is 4.10. The van der Waals surface area contributed by atoms with E-state index >= 15 is 0 Å². The maximum atomic E-state index is 10.7. The summed E-state index contributed by atoms with van der Waals surface area (Å²) in [5.74, 6) is -0.254. The number of amides is 1. The third-order valence-electron chi connectivity index (χ3n) is 2.71. The molecular weight excluding hydrogens is 234 g/mol. The van der Waals surface area contributed by atoms with Gasteiger partial charge in [-0.1, -0.05) is 18.2 Å². The van der Waals surface area contributed by atoms with Crippen LogP contribution in [0.2, 0.25) is 0 Å². The van der Waals surface area contributed by atoms with Crippen molar-refractivity contribution >= 4 is 16.8 Å². The first-order valence-corrected chi connectivity index (χ1v) is 5.63. The van der Waals surface area contributed by atoms with Gasteiger partial charge in [0.15, 0.2) is 0 Å². The third-order valence-corrected chi connectivity index (χ3v) is 2.71. The number of rotatable bonds is 4. The van der Waals surface area contributed by atoms with Crippen molar-refractivity contribution in [3.8, 4) is 0 Å². The number of carbonyl (C=O) groups excluding carboxylic acids is 1. The average Bonchev–Trinajstić information content (AvgIpc) is 2.78. The summed E-state index contributed by atoms with van der Waals surface area (Å²) in [5, 5.41) is 29.8. The van der Waals surface area contributed by atoms with Gasteiger partial charge in [-0.2, -0.15) is 5.10 Å². The number of aromatic nitrogens is 2. The minimum Gasteiger partial charge on any atom is -0.388 e. The molecule has 0 fully saturated rings. The molecule has 1 aromatic carbocycles. The monoisotopic (exact) mass is 249 g/mol. The number of H-pyrrole nitrogens is 1. The van der Waals surface area contributed by atoms with E-state index in [1.807, 2.05) is 24.3 Å². The van der Waals surface area contributed by atoms with E-state index < -0.39 is 12.2 Å². The van der Waals surface area contributed by atoms with Gasteiger partial charge in [0.1, 0.15) is 12.2 Å². The number of hydrogen-bond donors (Lipinski definition) is 4. The van der Waals surface area contributed by atoms with Gasteiger partial charge < -0.3 is 15.5 Å². The van der Waals surface area contributed by atoms with E-state index in [1.54, 1.807) is 0 Å². The standard InChI is InChI=1S/C12H15N3O3/c1-7(16)13-6-10(17)12(18)11-8-4-2-3-5-9(8)14-15-11/h2-5,10,12,17-18H,6H2,1H3,(H,13,16)(H,14,15). The summed E-state index contributed by atoms with van der Waals surface area (Å²) in [6.07, 6.45) is -2.21. The molecule has 6 nitrogen and oxygen atoms in total. The number of benzene rings is 1. The highest BCUT2D eigenvalue weighted by Gasteiger charge is 2.22. The lowest BCUT2D eigenvalue weighted by Crippen LogP contribution is -2.34. The van der Waals surface area contributed by atoms with Gasteiger partial charge in [-0.25, -0.2) is 0 Å². The Kier molecular flexibility index (Phi) is 3.59. The molecule has 2 atom stereocenters. The fourth-order valence-electron chi connectivity index (χ4n) is 1.76. The average molecular weight is 249 g/mol. The van der Waals surface area contributed by atoms with Crippen molar-refractivity contribution < 1.29 is 15.0 Å². The highest BCUT2D eigenvalue weighted by molar-refractivity contribution is 5.81. The molecule has 0 spiro atoms. The van der Waals surface area contributed by atoms with E-state index in [0.717, 1.165) is 10.9 Å². The Hall–Kier alpha value is -1.92. The summed E-state index contributed by atoms with van der Waals surface area (Å²) in [6, 6.07) is 7.28. The minimum absolute atomic E-state index is 0.0101. The molecule has 1 heterocycles. The molecule has 96 valence electrons. The van der Waals surface area contributed by atoms with Crippen molar-refractivity contribution in [2.24, 2.45) is 0 Å². The zero-order chi connectivity index (χ0) is 13.1. The van der Waals surface area contributed by atoms with Crippen LogP contribution in [-0.2, 0) is 4.79 Å². The summed E-state index contributed by atoms with van der Waals surface area (Å²) in [6.45, 7) is 1.34. The largest absolute Gasteiger partial charge is 0.388 e. The fraction of sp³-hybridized carbons (Fsp3) is 0.333. The predicted molar refractivity (Wildman–Crippen MR) is 65.7 cm³/mol. The van der Waals surface area contributed by atoms with Crippen LogP contribution in [0.1, 0.15) is 18.7 Å². The summed E-state index contributed by atoms with van der Waals surface area (Å²) >= 11 is 0. The number of fused-ring (bicyclic) bond motifs is 1. The van der Waals surface area contributed by atoms with Crippen LogP contribution in [0.5, 0.6) is 0 Å². The van der Waals surface area contributed by atoms with Crippen molar-refractivity contribution in [2.75, 3.05) is 6.54 Å².